The fraction of sp³-hybridized carbons (Fsp3) is 0.500. The number of hydrogen-bond acceptors (Lipinski definition) is 7. The van der Waals surface area contributed by atoms with Crippen LogP contribution in [0.2, 0.25) is 0 Å². The number of guanidine groups is 1. The normalized spacial score (nSPS) is 37.7. The maximum atomic E-state index is 11.7. The number of fused-ring (bicyclic) bond motifs is 1. The van der Waals surface area contributed by atoms with Gasteiger partial charge >= 0.3 is 0 Å². The number of aliphatic hydroxyl groups is 1. The summed E-state index contributed by atoms with van der Waals surface area (Å²) in [6.45, 7) is -0.0853. The first-order chi connectivity index (χ1) is 8.69. The minimum atomic E-state index is -0.595. The summed E-state index contributed by atoms with van der Waals surface area (Å²) in [4.78, 5) is 21.6. The van der Waals surface area contributed by atoms with Gasteiger partial charge in [-0.25, -0.2) is 4.99 Å². The molecule has 0 radical (unpaired) electrons. The standard InChI is InChI=1S/C10H13N5O3/c11-10-13-8-7(9(17)14-10)12-4-15(8)6-2-1-5(3-16)18-6/h1-2,4-8,16H,3H2,(H3,11,13,14,17)/t5-,6+,7?,8?/m0/s1. The number of nitrogens with one attached hydrogen (secondary N) is 1. The highest BCUT2D eigenvalue weighted by atomic mass is 16.5. The fourth-order valence-electron chi connectivity index (χ4n) is 2.15. The lowest BCUT2D eigenvalue weighted by Gasteiger charge is -2.31. The highest BCUT2D eigenvalue weighted by Gasteiger charge is 2.42. The third kappa shape index (κ3) is 1.66. The largest absolute Gasteiger partial charge is 0.393 e. The number of aliphatic imine (C=N–C) groups is 2. The lowest BCUT2D eigenvalue weighted by molar-refractivity contribution is -0.122. The van der Waals surface area contributed by atoms with Crippen LogP contribution in [0.1, 0.15) is 0 Å². The number of carbonyl (C=O) groups excluding carboxylic acids is 1. The Bertz CT molecular complexity index is 460. The van der Waals surface area contributed by atoms with Gasteiger partial charge in [-0.15, -0.1) is 0 Å². The number of ether oxygens (including phenoxy) is 1. The van der Waals surface area contributed by atoms with E-state index >= 15 is 0 Å². The van der Waals surface area contributed by atoms with E-state index in [4.69, 9.17) is 15.6 Å². The van der Waals surface area contributed by atoms with Gasteiger partial charge in [0.1, 0.15) is 6.10 Å². The smallest absolute Gasteiger partial charge is 0.255 e. The Kier molecular flexibility index (Phi) is 2.53. The van der Waals surface area contributed by atoms with Crippen molar-refractivity contribution < 1.29 is 14.6 Å². The summed E-state index contributed by atoms with van der Waals surface area (Å²) in [6.07, 6.45) is 3.90. The first-order valence-electron chi connectivity index (χ1n) is 5.58. The zero-order valence-corrected chi connectivity index (χ0v) is 9.43. The highest BCUT2D eigenvalue weighted by molar-refractivity contribution is 6.02. The highest BCUT2D eigenvalue weighted by Crippen LogP contribution is 2.24. The second kappa shape index (κ2) is 4.07. The van der Waals surface area contributed by atoms with Crippen LogP contribution < -0.4 is 11.1 Å². The number of amides is 1. The third-order valence-corrected chi connectivity index (χ3v) is 3.02. The van der Waals surface area contributed by atoms with Gasteiger partial charge in [0.15, 0.2) is 24.4 Å². The number of nitrogens with zero attached hydrogens (tertiary/aromatic N) is 3. The maximum absolute atomic E-state index is 11.7. The van der Waals surface area contributed by atoms with Gasteiger partial charge in [0.05, 0.1) is 12.9 Å². The van der Waals surface area contributed by atoms with Gasteiger partial charge in [-0.1, -0.05) is 6.08 Å². The fourth-order valence-corrected chi connectivity index (χ4v) is 2.15. The monoisotopic (exact) mass is 251 g/mol. The zero-order chi connectivity index (χ0) is 12.7. The predicted molar refractivity (Wildman–Crippen MR) is 62.6 cm³/mol. The first kappa shape index (κ1) is 11.2. The molecule has 0 saturated carbocycles. The van der Waals surface area contributed by atoms with E-state index in [1.54, 1.807) is 17.1 Å². The van der Waals surface area contributed by atoms with E-state index in [1.165, 1.54) is 6.34 Å². The summed E-state index contributed by atoms with van der Waals surface area (Å²) < 4.78 is 5.55. The van der Waals surface area contributed by atoms with Crippen LogP contribution in [-0.2, 0) is 9.53 Å². The molecule has 18 heavy (non-hydrogen) atoms. The molecule has 3 aliphatic rings. The summed E-state index contributed by atoms with van der Waals surface area (Å²) in [5.74, 6) is -0.190. The summed E-state index contributed by atoms with van der Waals surface area (Å²) in [7, 11) is 0. The van der Waals surface area contributed by atoms with Crippen LogP contribution in [0.4, 0.5) is 0 Å². The SMILES string of the molecule is NC1=NC2C(N=CN2[C@H]2C=C[C@@H](CO)O2)C(=O)N1. The van der Waals surface area contributed by atoms with E-state index < -0.39 is 12.2 Å². The Labute approximate surface area is 103 Å². The molecule has 3 aliphatic heterocycles. The van der Waals surface area contributed by atoms with Crippen LogP contribution >= 0.6 is 0 Å². The Morgan fingerprint density at radius 1 is 1.56 bits per heavy atom. The maximum Gasteiger partial charge on any atom is 0.255 e. The predicted octanol–water partition coefficient (Wildman–Crippen LogP) is -2.26. The van der Waals surface area contributed by atoms with Gasteiger partial charge in [-0.2, -0.15) is 0 Å². The van der Waals surface area contributed by atoms with E-state index in [-0.39, 0.29) is 30.8 Å². The van der Waals surface area contributed by atoms with Crippen LogP contribution in [0, 0.1) is 0 Å². The van der Waals surface area contributed by atoms with Crippen molar-refractivity contribution >= 4 is 18.2 Å². The number of nitrogens with two attached hydrogens (primary N) is 1. The molecule has 0 aromatic heterocycles. The molecule has 8 nitrogen and oxygen atoms in total. The van der Waals surface area contributed by atoms with E-state index in [0.29, 0.717) is 0 Å². The quantitative estimate of drug-likeness (QED) is 0.480. The summed E-state index contributed by atoms with van der Waals surface area (Å²) >= 11 is 0. The van der Waals surface area contributed by atoms with Crippen molar-refractivity contribution in [1.29, 1.82) is 0 Å². The average molecular weight is 251 g/mol. The Morgan fingerprint density at radius 3 is 3.11 bits per heavy atom. The summed E-state index contributed by atoms with van der Waals surface area (Å²) in [5.41, 5.74) is 5.53. The molecule has 0 saturated heterocycles. The molecule has 0 spiro atoms. The van der Waals surface area contributed by atoms with Crippen LogP contribution in [0.25, 0.3) is 0 Å². The van der Waals surface area contributed by atoms with Gasteiger partial charge in [0, 0.05) is 0 Å². The number of aliphatic hydroxyl groups excluding tert-OH is 1. The van der Waals surface area contributed by atoms with E-state index in [9.17, 15) is 4.79 Å². The molecule has 3 heterocycles. The van der Waals surface area contributed by atoms with Crippen LogP contribution in [0.15, 0.2) is 22.1 Å². The molecule has 2 unspecified atom stereocenters. The van der Waals surface area contributed by atoms with E-state index in [2.05, 4.69) is 15.3 Å². The molecular weight excluding hydrogens is 238 g/mol. The van der Waals surface area contributed by atoms with Crippen molar-refractivity contribution in [3.05, 3.63) is 12.2 Å². The molecule has 0 aromatic rings. The van der Waals surface area contributed by atoms with Crippen molar-refractivity contribution in [2.24, 2.45) is 15.7 Å². The van der Waals surface area contributed by atoms with Crippen LogP contribution in [0.5, 0.6) is 0 Å². The van der Waals surface area contributed by atoms with Crippen molar-refractivity contribution in [2.45, 2.75) is 24.5 Å². The average Bonchev–Trinajstić information content (AvgIpc) is 2.93. The van der Waals surface area contributed by atoms with Crippen LogP contribution in [0.3, 0.4) is 0 Å². The van der Waals surface area contributed by atoms with Gasteiger partial charge in [-0.05, 0) is 6.08 Å². The van der Waals surface area contributed by atoms with Gasteiger partial charge in [0.2, 0.25) is 0 Å². The van der Waals surface area contributed by atoms with E-state index in [0.717, 1.165) is 0 Å². The van der Waals surface area contributed by atoms with Gasteiger partial charge in [0.25, 0.3) is 5.91 Å². The lowest BCUT2D eigenvalue weighted by atomic mass is 10.2. The summed E-state index contributed by atoms with van der Waals surface area (Å²) in [6, 6.07) is -0.595. The molecule has 3 rings (SSSR count). The molecule has 0 aliphatic carbocycles. The van der Waals surface area contributed by atoms with Gasteiger partial charge in [-0.3, -0.25) is 15.1 Å². The lowest BCUT2D eigenvalue weighted by Crippen LogP contribution is -2.55. The minimum absolute atomic E-state index is 0.0810. The molecule has 8 heteroatoms. The molecule has 0 fully saturated rings. The molecule has 4 N–H and O–H groups in total. The van der Waals surface area contributed by atoms with E-state index in [1.807, 2.05) is 0 Å². The Morgan fingerprint density at radius 2 is 2.39 bits per heavy atom. The molecule has 96 valence electrons. The third-order valence-electron chi connectivity index (χ3n) is 3.02. The number of carbonyl (C=O) groups is 1. The van der Waals surface area contributed by atoms with Gasteiger partial charge < -0.3 is 20.5 Å². The Hall–Kier alpha value is -1.93. The second-order valence-corrected chi connectivity index (χ2v) is 4.21. The summed E-state index contributed by atoms with van der Waals surface area (Å²) in [5, 5.41) is 11.4. The first-order valence-corrected chi connectivity index (χ1v) is 5.58. The molecule has 0 aromatic carbocycles. The second-order valence-electron chi connectivity index (χ2n) is 4.21. The zero-order valence-electron chi connectivity index (χ0n) is 9.43. The van der Waals surface area contributed by atoms with Crippen molar-refractivity contribution in [1.82, 2.24) is 10.2 Å². The minimum Gasteiger partial charge on any atom is -0.393 e. The topological polar surface area (TPSA) is 113 Å². The van der Waals surface area contributed by atoms with Crippen molar-refractivity contribution in [2.75, 3.05) is 6.61 Å². The number of rotatable bonds is 2. The molecular formula is C10H13N5O3. The Balaban J connectivity index is 1.79. The van der Waals surface area contributed by atoms with Crippen LogP contribution in [-0.4, -0.2) is 59.4 Å². The van der Waals surface area contributed by atoms with Crippen molar-refractivity contribution in [3.63, 3.8) is 0 Å². The van der Waals surface area contributed by atoms with Crippen molar-refractivity contribution in [3.8, 4) is 0 Å². The number of hydrogen-bond donors (Lipinski definition) is 3. The molecule has 0 bridgehead atoms. The molecule has 1 amide bonds. The molecule has 4 atom stereocenters.